The van der Waals surface area contributed by atoms with Crippen molar-refractivity contribution in [3.8, 4) is 0 Å². The van der Waals surface area contributed by atoms with Crippen molar-refractivity contribution < 1.29 is 9.90 Å². The number of carboxylic acid groups (broad SMARTS) is 1. The van der Waals surface area contributed by atoms with Crippen LogP contribution in [-0.4, -0.2) is 5.97 Å². The van der Waals surface area contributed by atoms with Crippen LogP contribution in [0.5, 0.6) is 0 Å². The van der Waals surface area contributed by atoms with Crippen molar-refractivity contribution in [2.75, 3.05) is 0 Å². The van der Waals surface area contributed by atoms with Crippen molar-refractivity contribution in [3.63, 3.8) is 0 Å². The summed E-state index contributed by atoms with van der Waals surface area (Å²) in [6, 6.07) is 42.8. The van der Waals surface area contributed by atoms with Crippen LogP contribution in [0.3, 0.4) is 0 Å². The Kier molecular flexibility index (Phi) is 6.56. The van der Waals surface area contributed by atoms with E-state index >= 15 is 0 Å². The molecule has 0 radical (unpaired) electrons. The van der Waals surface area contributed by atoms with E-state index in [1.807, 2.05) is 0 Å². The van der Waals surface area contributed by atoms with Crippen LogP contribution in [0.1, 0.15) is 6.92 Å². The summed E-state index contributed by atoms with van der Waals surface area (Å²) in [4.78, 5) is 8.89. The number of benzene rings is 4. The Bertz CT molecular complexity index is 850. The lowest BCUT2D eigenvalue weighted by molar-refractivity contribution is -0.302. The number of carboxylic acids is 1. The average Bonchev–Trinajstić information content (AvgIpc) is 2.77. The number of rotatable bonds is 4. The smallest absolute Gasteiger partial charge is 0.148 e. The van der Waals surface area contributed by atoms with Gasteiger partial charge in [-0.2, -0.15) is 4.48 Å². The van der Waals surface area contributed by atoms with Gasteiger partial charge in [-0.15, -0.1) is 0 Å². The minimum absolute atomic E-state index is 0.559. The van der Waals surface area contributed by atoms with Crippen LogP contribution in [0.25, 0.3) is 0 Å². The quantitative estimate of drug-likeness (QED) is 0.423. The van der Waals surface area contributed by atoms with Gasteiger partial charge in [0.2, 0.25) is 0 Å². The van der Waals surface area contributed by atoms with Gasteiger partial charge in [0.05, 0.1) is 0 Å². The molecule has 0 N–H and O–H groups in total. The summed E-state index contributed by atoms with van der Waals surface area (Å²) in [5.74, 6) is -1.08. The molecule has 0 atom stereocenters. The molecule has 0 aliphatic rings. The minimum Gasteiger partial charge on any atom is -0.550 e. The molecule has 0 saturated carbocycles. The highest BCUT2D eigenvalue weighted by Gasteiger charge is 2.38. The van der Waals surface area contributed by atoms with Crippen molar-refractivity contribution in [2.24, 2.45) is 0 Å². The summed E-state index contributed by atoms with van der Waals surface area (Å²) < 4.78 is 0.559. The van der Waals surface area contributed by atoms with E-state index in [9.17, 15) is 0 Å². The monoisotopic (exact) mass is 381 g/mol. The minimum atomic E-state index is -1.08. The molecule has 0 aromatic heterocycles. The van der Waals surface area contributed by atoms with Gasteiger partial charge in [-0.1, -0.05) is 72.8 Å². The van der Waals surface area contributed by atoms with Gasteiger partial charge in [-0.05, 0) is 6.92 Å². The van der Waals surface area contributed by atoms with Crippen LogP contribution in [0, 0.1) is 0 Å². The Morgan fingerprint density at radius 3 is 0.862 bits per heavy atom. The first-order valence-electron chi connectivity index (χ1n) is 9.45. The Balaban J connectivity index is 0.000000552. The highest BCUT2D eigenvalue weighted by Crippen LogP contribution is 2.50. The molecular formula is C26H23NO2. The van der Waals surface area contributed by atoms with Gasteiger partial charge in [0.15, 0.2) is 0 Å². The Labute approximate surface area is 171 Å². The molecule has 0 aliphatic carbocycles. The predicted molar refractivity (Wildman–Crippen MR) is 117 cm³/mol. The lowest BCUT2D eigenvalue weighted by Gasteiger charge is -2.37. The van der Waals surface area contributed by atoms with Gasteiger partial charge in [-0.25, -0.2) is 0 Å². The maximum Gasteiger partial charge on any atom is 0.148 e. The molecule has 3 heteroatoms. The maximum atomic E-state index is 8.89. The summed E-state index contributed by atoms with van der Waals surface area (Å²) in [6.07, 6.45) is 0. The first-order valence-corrected chi connectivity index (χ1v) is 9.45. The van der Waals surface area contributed by atoms with E-state index in [2.05, 4.69) is 121 Å². The topological polar surface area (TPSA) is 40.1 Å². The molecule has 0 aliphatic heterocycles. The molecule has 144 valence electrons. The summed E-state index contributed by atoms with van der Waals surface area (Å²) in [5, 5.41) is 8.89. The van der Waals surface area contributed by atoms with Crippen LogP contribution < -0.4 is 9.59 Å². The van der Waals surface area contributed by atoms with E-state index in [0.29, 0.717) is 4.48 Å². The molecule has 0 bridgehead atoms. The third-order valence-corrected chi connectivity index (χ3v) is 4.57. The summed E-state index contributed by atoms with van der Waals surface area (Å²) in [7, 11) is 0. The Hall–Kier alpha value is -3.69. The maximum absolute atomic E-state index is 8.89. The van der Waals surface area contributed by atoms with Crippen molar-refractivity contribution >= 4 is 28.7 Å². The second kappa shape index (κ2) is 9.49. The van der Waals surface area contributed by atoms with Crippen molar-refractivity contribution in [1.29, 1.82) is 0 Å². The first-order chi connectivity index (χ1) is 14.2. The largest absolute Gasteiger partial charge is 0.550 e. The van der Waals surface area contributed by atoms with Crippen LogP contribution in [0.15, 0.2) is 121 Å². The number of hydrogen-bond acceptors (Lipinski definition) is 2. The molecule has 0 spiro atoms. The van der Waals surface area contributed by atoms with E-state index in [0.717, 1.165) is 6.92 Å². The highest BCUT2D eigenvalue weighted by molar-refractivity contribution is 5.81. The zero-order valence-electron chi connectivity index (χ0n) is 16.3. The molecular weight excluding hydrogens is 358 g/mol. The van der Waals surface area contributed by atoms with Crippen molar-refractivity contribution in [2.45, 2.75) is 6.92 Å². The molecule has 4 rings (SSSR count). The summed E-state index contributed by atoms with van der Waals surface area (Å²) in [5.41, 5.74) is 4.86. The molecule has 0 heterocycles. The third kappa shape index (κ3) is 4.42. The van der Waals surface area contributed by atoms with E-state index in [1.54, 1.807) is 0 Å². The number of hydrogen-bond donors (Lipinski definition) is 0. The third-order valence-electron chi connectivity index (χ3n) is 4.57. The first kappa shape index (κ1) is 20.1. The van der Waals surface area contributed by atoms with E-state index in [4.69, 9.17) is 9.90 Å². The number of aliphatic carboxylic acids is 1. The molecule has 0 unspecified atom stereocenters. The number of carbonyl (C=O) groups is 1. The van der Waals surface area contributed by atoms with E-state index in [-0.39, 0.29) is 0 Å². The van der Waals surface area contributed by atoms with Crippen molar-refractivity contribution in [3.05, 3.63) is 121 Å². The van der Waals surface area contributed by atoms with Gasteiger partial charge in [0.1, 0.15) is 22.7 Å². The molecule has 4 aromatic rings. The predicted octanol–water partition coefficient (Wildman–Crippen LogP) is 5.75. The molecule has 4 aromatic carbocycles. The number of quaternary nitrogens is 1. The van der Waals surface area contributed by atoms with Gasteiger partial charge >= 0.3 is 0 Å². The normalized spacial score (nSPS) is 10.5. The van der Waals surface area contributed by atoms with Crippen molar-refractivity contribution in [1.82, 2.24) is 4.48 Å². The Morgan fingerprint density at radius 1 is 0.517 bits per heavy atom. The molecule has 0 amide bonds. The van der Waals surface area contributed by atoms with Crippen LogP contribution in [0.2, 0.25) is 0 Å². The van der Waals surface area contributed by atoms with Gasteiger partial charge in [-0.3, -0.25) is 0 Å². The highest BCUT2D eigenvalue weighted by atomic mass is 16.4. The second-order valence-corrected chi connectivity index (χ2v) is 6.50. The molecule has 0 fully saturated rings. The number of carbonyl (C=O) groups excluding carboxylic acids is 1. The standard InChI is InChI=1S/C24H20N.C2H4O2/c1-5-13-21(14-6-1)25(22-15-7-2-8-16-22,23-17-9-3-10-18-23)24-19-11-4-12-20-24;1-2(3)4/h1-20H;1H3,(H,3,4)/q+1;/p-1. The van der Waals surface area contributed by atoms with E-state index < -0.39 is 5.97 Å². The SMILES string of the molecule is CC(=O)[O-].c1ccc([N+](c2ccccc2)(c2ccccc2)c2ccccc2)cc1. The van der Waals surface area contributed by atoms with Gasteiger partial charge in [0, 0.05) is 54.5 Å². The summed E-state index contributed by atoms with van der Waals surface area (Å²) >= 11 is 0. The zero-order valence-corrected chi connectivity index (χ0v) is 16.3. The fourth-order valence-corrected chi connectivity index (χ4v) is 3.50. The molecule has 0 saturated heterocycles. The molecule has 29 heavy (non-hydrogen) atoms. The average molecular weight is 381 g/mol. The van der Waals surface area contributed by atoms with Crippen LogP contribution in [0.4, 0.5) is 22.7 Å². The number of para-hydroxylation sites is 4. The zero-order chi connectivity index (χ0) is 20.5. The fraction of sp³-hybridized carbons (Fsp3) is 0.0385. The lowest BCUT2D eigenvalue weighted by atomic mass is 10.1. The Morgan fingerprint density at radius 2 is 0.690 bits per heavy atom. The summed E-state index contributed by atoms with van der Waals surface area (Å²) in [6.45, 7) is 0.972. The van der Waals surface area contributed by atoms with Gasteiger partial charge < -0.3 is 9.90 Å². The second-order valence-electron chi connectivity index (χ2n) is 6.50. The van der Waals surface area contributed by atoms with Crippen LogP contribution >= 0.6 is 0 Å². The lowest BCUT2D eigenvalue weighted by Crippen LogP contribution is -2.33. The number of nitrogens with zero attached hydrogens (tertiary/aromatic N) is 1. The van der Waals surface area contributed by atoms with E-state index in [1.165, 1.54) is 22.7 Å². The van der Waals surface area contributed by atoms with Gasteiger partial charge in [0.25, 0.3) is 0 Å². The fourth-order valence-electron chi connectivity index (χ4n) is 3.50. The van der Waals surface area contributed by atoms with Crippen LogP contribution in [-0.2, 0) is 4.79 Å². The molecule has 3 nitrogen and oxygen atoms in total.